The van der Waals surface area contributed by atoms with Crippen LogP contribution in [0.15, 0.2) is 30.6 Å². The van der Waals surface area contributed by atoms with E-state index in [-0.39, 0.29) is 5.92 Å². The highest BCUT2D eigenvalue weighted by molar-refractivity contribution is 5.80. The lowest BCUT2D eigenvalue weighted by Gasteiger charge is -2.06. The zero-order valence-electron chi connectivity index (χ0n) is 10.9. The Kier molecular flexibility index (Phi) is 2.42. The second-order valence-electron chi connectivity index (χ2n) is 5.27. The number of aromatic nitrogens is 4. The molecule has 7 heteroatoms. The van der Waals surface area contributed by atoms with E-state index in [2.05, 4.69) is 15.2 Å². The summed E-state index contributed by atoms with van der Waals surface area (Å²) in [4.78, 5) is 3.80. The number of fused-ring (bicyclic) bond motifs is 1. The van der Waals surface area contributed by atoms with E-state index in [1.54, 1.807) is 16.8 Å². The monoisotopic (exact) mass is 292 g/mol. The van der Waals surface area contributed by atoms with Crippen molar-refractivity contribution in [2.45, 2.75) is 24.9 Å². The fourth-order valence-electron chi connectivity index (χ4n) is 2.45. The van der Waals surface area contributed by atoms with E-state index in [9.17, 15) is 13.2 Å². The number of halogens is 3. The van der Waals surface area contributed by atoms with Crippen LogP contribution < -0.4 is 0 Å². The summed E-state index contributed by atoms with van der Waals surface area (Å²) in [7, 11) is 0. The molecule has 0 saturated heterocycles. The number of H-pyrrole nitrogens is 1. The summed E-state index contributed by atoms with van der Waals surface area (Å²) < 4.78 is 40.2. The Morgan fingerprint density at radius 1 is 1.24 bits per heavy atom. The second kappa shape index (κ2) is 4.09. The number of rotatable bonds is 2. The fourth-order valence-corrected chi connectivity index (χ4v) is 2.45. The number of nitrogens with zero attached hydrogens (tertiary/aromatic N) is 3. The van der Waals surface area contributed by atoms with Gasteiger partial charge in [0.1, 0.15) is 5.82 Å². The molecule has 3 aromatic rings. The van der Waals surface area contributed by atoms with Crippen molar-refractivity contribution in [2.24, 2.45) is 0 Å². The average molecular weight is 292 g/mol. The molecule has 2 heterocycles. The summed E-state index contributed by atoms with van der Waals surface area (Å²) in [6.45, 7) is 0. The molecule has 1 aliphatic rings. The largest absolute Gasteiger partial charge is 0.434 e. The summed E-state index contributed by atoms with van der Waals surface area (Å²) in [6.07, 6.45) is 0.0886. The van der Waals surface area contributed by atoms with Crippen LogP contribution in [0.4, 0.5) is 13.2 Å². The molecule has 1 N–H and O–H groups in total. The first-order valence-electron chi connectivity index (χ1n) is 6.62. The fraction of sp³-hybridized carbons (Fsp3) is 0.286. The lowest BCUT2D eigenvalue weighted by molar-refractivity contribution is -0.141. The van der Waals surface area contributed by atoms with Gasteiger partial charge in [-0.15, -0.1) is 0 Å². The third-order valence-corrected chi connectivity index (χ3v) is 3.67. The summed E-state index contributed by atoms with van der Waals surface area (Å²) in [5.41, 5.74) is 0.688. The predicted octanol–water partition coefficient (Wildman–Crippen LogP) is 3.64. The highest BCUT2D eigenvalue weighted by atomic mass is 19.4. The Labute approximate surface area is 117 Å². The maximum Gasteiger partial charge on any atom is 0.434 e. The Hall–Kier alpha value is -2.31. The topological polar surface area (TPSA) is 46.5 Å². The van der Waals surface area contributed by atoms with Crippen LogP contribution in [-0.4, -0.2) is 19.7 Å². The van der Waals surface area contributed by atoms with Crippen LogP contribution in [0.5, 0.6) is 0 Å². The number of hydrogen-bond donors (Lipinski definition) is 1. The Bertz CT molecular complexity index is 811. The van der Waals surface area contributed by atoms with Crippen LogP contribution in [0.25, 0.3) is 16.6 Å². The van der Waals surface area contributed by atoms with Crippen molar-refractivity contribution in [2.75, 3.05) is 0 Å². The molecule has 4 rings (SSSR count). The molecule has 4 nitrogen and oxygen atoms in total. The molecule has 1 aromatic carbocycles. The number of hydrogen-bond acceptors (Lipinski definition) is 2. The maximum atomic E-state index is 12.9. The number of nitrogens with one attached hydrogen (secondary N) is 1. The number of alkyl halides is 3. The molecule has 0 amide bonds. The minimum absolute atomic E-state index is 0.126. The van der Waals surface area contributed by atoms with Crippen molar-refractivity contribution < 1.29 is 13.2 Å². The van der Waals surface area contributed by atoms with Crippen LogP contribution in [0.2, 0.25) is 0 Å². The Morgan fingerprint density at radius 3 is 2.76 bits per heavy atom. The van der Waals surface area contributed by atoms with Crippen LogP contribution >= 0.6 is 0 Å². The second-order valence-corrected chi connectivity index (χ2v) is 5.27. The van der Waals surface area contributed by atoms with Gasteiger partial charge in [-0.1, -0.05) is 0 Å². The van der Waals surface area contributed by atoms with Gasteiger partial charge in [-0.05, 0) is 31.0 Å². The van der Waals surface area contributed by atoms with Gasteiger partial charge in [0.15, 0.2) is 5.69 Å². The molecule has 0 radical (unpaired) electrons. The highest BCUT2D eigenvalue weighted by Gasteiger charge is 2.38. The summed E-state index contributed by atoms with van der Waals surface area (Å²) in [5.74, 6) is 0.617. The van der Waals surface area contributed by atoms with Crippen molar-refractivity contribution >= 4 is 10.9 Å². The number of imidazole rings is 1. The van der Waals surface area contributed by atoms with Crippen molar-refractivity contribution in [1.82, 2.24) is 19.7 Å². The zero-order valence-corrected chi connectivity index (χ0v) is 10.9. The Balaban J connectivity index is 1.87. The maximum absolute atomic E-state index is 12.9. The minimum atomic E-state index is -4.42. The van der Waals surface area contributed by atoms with Gasteiger partial charge in [0.25, 0.3) is 0 Å². The van der Waals surface area contributed by atoms with Gasteiger partial charge in [0, 0.05) is 23.2 Å². The van der Waals surface area contributed by atoms with Crippen molar-refractivity contribution in [3.63, 3.8) is 0 Å². The molecule has 1 aliphatic carbocycles. The van der Waals surface area contributed by atoms with Gasteiger partial charge in [0.2, 0.25) is 0 Å². The van der Waals surface area contributed by atoms with Crippen molar-refractivity contribution in [3.8, 4) is 5.69 Å². The van der Waals surface area contributed by atoms with E-state index >= 15 is 0 Å². The summed E-state index contributed by atoms with van der Waals surface area (Å²) >= 11 is 0. The van der Waals surface area contributed by atoms with E-state index in [4.69, 9.17) is 0 Å². The van der Waals surface area contributed by atoms with E-state index < -0.39 is 11.9 Å². The molecule has 21 heavy (non-hydrogen) atoms. The third-order valence-electron chi connectivity index (χ3n) is 3.67. The average Bonchev–Trinajstić information content (AvgIpc) is 3.01. The van der Waals surface area contributed by atoms with Crippen molar-refractivity contribution in [3.05, 3.63) is 42.1 Å². The van der Waals surface area contributed by atoms with Gasteiger partial charge >= 0.3 is 6.18 Å². The minimum Gasteiger partial charge on any atom is -0.303 e. The molecular weight excluding hydrogens is 281 g/mol. The molecule has 0 bridgehead atoms. The molecule has 0 atom stereocenters. The summed E-state index contributed by atoms with van der Waals surface area (Å²) in [6, 6.07) is 5.39. The number of aromatic amines is 1. The predicted molar refractivity (Wildman–Crippen MR) is 70.2 cm³/mol. The van der Waals surface area contributed by atoms with Crippen LogP contribution in [0.3, 0.4) is 0 Å². The molecule has 0 spiro atoms. The van der Waals surface area contributed by atoms with Crippen LogP contribution in [0.1, 0.15) is 30.3 Å². The smallest absolute Gasteiger partial charge is 0.303 e. The molecule has 108 valence electrons. The van der Waals surface area contributed by atoms with Crippen LogP contribution in [0, 0.1) is 0 Å². The third kappa shape index (κ3) is 2.09. The SMILES string of the molecule is FC(F)(F)c1cn(-c2ccc3[nH]ncc3c2)c(C2CC2)n1. The van der Waals surface area contributed by atoms with E-state index in [0.717, 1.165) is 29.9 Å². The molecule has 0 aliphatic heterocycles. The first-order chi connectivity index (χ1) is 10.0. The normalized spacial score (nSPS) is 15.8. The molecular formula is C14H11F3N4. The van der Waals surface area contributed by atoms with Crippen molar-refractivity contribution in [1.29, 1.82) is 0 Å². The van der Waals surface area contributed by atoms with Crippen LogP contribution in [-0.2, 0) is 6.18 Å². The molecule has 1 fully saturated rings. The standard InChI is InChI=1S/C14H11F3N4/c15-14(16,17)12-7-21(13(19-12)8-1-2-8)10-3-4-11-9(5-10)6-18-20-11/h3-8H,1-2H2,(H,18,20). The first kappa shape index (κ1) is 12.4. The van der Waals surface area contributed by atoms with Gasteiger partial charge in [-0.3, -0.25) is 5.10 Å². The van der Waals surface area contributed by atoms with Gasteiger partial charge in [0.05, 0.1) is 11.7 Å². The lowest BCUT2D eigenvalue weighted by atomic mass is 10.2. The van der Waals surface area contributed by atoms with Gasteiger partial charge < -0.3 is 4.57 Å². The molecule has 2 aromatic heterocycles. The zero-order chi connectivity index (χ0) is 14.6. The van der Waals surface area contributed by atoms with Gasteiger partial charge in [-0.2, -0.15) is 18.3 Å². The Morgan fingerprint density at radius 2 is 2.05 bits per heavy atom. The number of benzene rings is 1. The molecule has 1 saturated carbocycles. The lowest BCUT2D eigenvalue weighted by Crippen LogP contribution is -2.05. The first-order valence-corrected chi connectivity index (χ1v) is 6.62. The van der Waals surface area contributed by atoms with Gasteiger partial charge in [-0.25, -0.2) is 4.98 Å². The van der Waals surface area contributed by atoms with E-state index in [1.807, 2.05) is 12.1 Å². The quantitative estimate of drug-likeness (QED) is 0.783. The highest BCUT2D eigenvalue weighted by Crippen LogP contribution is 2.42. The summed E-state index contributed by atoms with van der Waals surface area (Å²) in [5, 5.41) is 7.60. The van der Waals surface area contributed by atoms with E-state index in [1.165, 1.54) is 0 Å². The molecule has 0 unspecified atom stereocenters. The van der Waals surface area contributed by atoms with E-state index in [0.29, 0.717) is 11.5 Å².